The molecule has 6 heteroatoms. The molecule has 6 nitrogen and oxygen atoms in total. The number of nitrogens with two attached hydrogens (primary N) is 2. The van der Waals surface area contributed by atoms with E-state index in [-0.39, 0.29) is 11.5 Å². The second-order valence-corrected chi connectivity index (χ2v) is 9.51. The van der Waals surface area contributed by atoms with Gasteiger partial charge in [-0.3, -0.25) is 0 Å². The van der Waals surface area contributed by atoms with Crippen LogP contribution in [0.1, 0.15) is 57.1 Å². The van der Waals surface area contributed by atoms with Crippen LogP contribution in [-0.2, 0) is 11.8 Å². The zero-order valence-electron chi connectivity index (χ0n) is 18.8. The number of ether oxygens (including phenoxy) is 1. The van der Waals surface area contributed by atoms with Crippen molar-refractivity contribution in [3.63, 3.8) is 0 Å². The lowest BCUT2D eigenvalue weighted by atomic mass is 9.71. The summed E-state index contributed by atoms with van der Waals surface area (Å²) in [7, 11) is 2.09. The Hall–Kier alpha value is -2.78. The molecule has 2 aliphatic carbocycles. The van der Waals surface area contributed by atoms with Crippen LogP contribution in [-0.4, -0.2) is 35.7 Å². The molecule has 1 fully saturated rings. The Morgan fingerprint density at radius 3 is 2.68 bits per heavy atom. The van der Waals surface area contributed by atoms with Crippen LogP contribution in [0.4, 0.5) is 11.5 Å². The highest BCUT2D eigenvalue weighted by atomic mass is 16.5. The van der Waals surface area contributed by atoms with Crippen molar-refractivity contribution in [3.05, 3.63) is 29.6 Å². The van der Waals surface area contributed by atoms with Gasteiger partial charge in [0, 0.05) is 37.2 Å². The molecule has 31 heavy (non-hydrogen) atoms. The first-order valence-electron chi connectivity index (χ1n) is 11.2. The predicted octanol–water partition coefficient (Wildman–Crippen LogP) is 3.67. The van der Waals surface area contributed by atoms with Crippen molar-refractivity contribution in [3.8, 4) is 29.4 Å². The Labute approximate surface area is 185 Å². The summed E-state index contributed by atoms with van der Waals surface area (Å²) in [4.78, 5) is 11.1. The zero-order chi connectivity index (χ0) is 22.2. The molecule has 1 saturated carbocycles. The fourth-order valence-corrected chi connectivity index (χ4v) is 5.06. The van der Waals surface area contributed by atoms with Crippen molar-refractivity contribution in [2.45, 2.75) is 69.9 Å². The Kier molecular flexibility index (Phi) is 5.81. The van der Waals surface area contributed by atoms with E-state index in [0.29, 0.717) is 18.3 Å². The van der Waals surface area contributed by atoms with Crippen LogP contribution >= 0.6 is 0 Å². The lowest BCUT2D eigenvalue weighted by Crippen LogP contribution is -2.33. The summed E-state index contributed by atoms with van der Waals surface area (Å²) in [5.74, 6) is 4.23. The van der Waals surface area contributed by atoms with E-state index in [1.807, 2.05) is 0 Å². The largest absolute Gasteiger partial charge is 0.488 e. The number of hydrogen-bond acceptors (Lipinski definition) is 6. The summed E-state index contributed by atoms with van der Waals surface area (Å²) >= 11 is 0. The Bertz CT molecular complexity index is 1000. The quantitative estimate of drug-likeness (QED) is 0.719. The number of rotatable bonds is 5. The van der Waals surface area contributed by atoms with Crippen molar-refractivity contribution >= 4 is 11.5 Å². The Morgan fingerprint density at radius 1 is 1.23 bits per heavy atom. The third-order valence-corrected chi connectivity index (χ3v) is 6.66. The molecule has 0 amide bonds. The molecule has 1 aromatic carbocycles. The van der Waals surface area contributed by atoms with Gasteiger partial charge in [-0.1, -0.05) is 13.8 Å². The molecule has 0 bridgehead atoms. The van der Waals surface area contributed by atoms with E-state index < -0.39 is 0 Å². The van der Waals surface area contributed by atoms with E-state index in [9.17, 15) is 0 Å². The molecular formula is C25H33N5O. The fourth-order valence-electron chi connectivity index (χ4n) is 5.06. The van der Waals surface area contributed by atoms with E-state index in [4.69, 9.17) is 22.6 Å². The molecule has 0 spiro atoms. The molecule has 0 unspecified atom stereocenters. The van der Waals surface area contributed by atoms with E-state index in [0.717, 1.165) is 66.9 Å². The summed E-state index contributed by atoms with van der Waals surface area (Å²) in [5, 5.41) is 0. The van der Waals surface area contributed by atoms with Gasteiger partial charge in [0.05, 0.1) is 17.5 Å². The normalized spacial score (nSPS) is 21.5. The number of aromatic nitrogens is 2. The standard InChI is InChI=1S/C25H33N5O/c1-5-6-13-30(4)23-19-14-25(2,3)21-22(28-15-29-24(21)27)18(19)11-12-20(23)31-17-9-7-16(26)8-10-17/h1,11-12,15-17H,6-10,13-14,26H2,2-4H3,(H2,27,28,29)/t16-,17-. The van der Waals surface area contributed by atoms with Crippen LogP contribution in [0.5, 0.6) is 5.75 Å². The third-order valence-electron chi connectivity index (χ3n) is 6.66. The van der Waals surface area contributed by atoms with Gasteiger partial charge < -0.3 is 21.1 Å². The Morgan fingerprint density at radius 2 is 1.97 bits per heavy atom. The molecule has 2 aliphatic rings. The maximum absolute atomic E-state index is 6.58. The van der Waals surface area contributed by atoms with E-state index in [1.165, 1.54) is 5.56 Å². The van der Waals surface area contributed by atoms with Crippen LogP contribution in [0.2, 0.25) is 0 Å². The average molecular weight is 420 g/mol. The highest BCUT2D eigenvalue weighted by Gasteiger charge is 2.37. The summed E-state index contributed by atoms with van der Waals surface area (Å²) < 4.78 is 6.58. The first-order valence-corrected chi connectivity index (χ1v) is 11.2. The molecule has 2 aromatic rings. The van der Waals surface area contributed by atoms with Gasteiger partial charge in [-0.2, -0.15) is 0 Å². The first-order chi connectivity index (χ1) is 14.8. The molecule has 1 heterocycles. The number of terminal acetylenes is 1. The highest BCUT2D eigenvalue weighted by molar-refractivity contribution is 5.83. The topological polar surface area (TPSA) is 90.3 Å². The molecule has 0 atom stereocenters. The predicted molar refractivity (Wildman–Crippen MR) is 126 cm³/mol. The van der Waals surface area contributed by atoms with Crippen LogP contribution in [0.25, 0.3) is 11.3 Å². The molecule has 164 valence electrons. The SMILES string of the molecule is C#CCCN(C)c1c(O[C@H]2CC[C@H](N)CC2)ccc2c1CC(C)(C)c1c(N)ncnc1-2. The average Bonchev–Trinajstić information content (AvgIpc) is 2.73. The van der Waals surface area contributed by atoms with Gasteiger partial charge in [0.25, 0.3) is 0 Å². The zero-order valence-corrected chi connectivity index (χ0v) is 18.8. The molecule has 4 N–H and O–H groups in total. The first kappa shape index (κ1) is 21.5. The lowest BCUT2D eigenvalue weighted by Gasteiger charge is -2.37. The summed E-state index contributed by atoms with van der Waals surface area (Å²) in [6.45, 7) is 5.17. The van der Waals surface area contributed by atoms with Crippen molar-refractivity contribution < 1.29 is 4.74 Å². The fraction of sp³-hybridized carbons (Fsp3) is 0.520. The molecule has 1 aromatic heterocycles. The minimum Gasteiger partial charge on any atom is -0.488 e. The van der Waals surface area contributed by atoms with Crippen LogP contribution in [0.3, 0.4) is 0 Å². The molecule has 4 rings (SSSR count). The van der Waals surface area contributed by atoms with E-state index in [2.05, 4.69) is 53.8 Å². The van der Waals surface area contributed by atoms with E-state index in [1.54, 1.807) is 6.33 Å². The van der Waals surface area contributed by atoms with Gasteiger partial charge in [0.2, 0.25) is 0 Å². The van der Waals surface area contributed by atoms with Crippen LogP contribution in [0, 0.1) is 12.3 Å². The molecule has 0 saturated heterocycles. The summed E-state index contributed by atoms with van der Waals surface area (Å²) in [5.41, 5.74) is 17.6. The minimum absolute atomic E-state index is 0.189. The third kappa shape index (κ3) is 4.07. The number of anilines is 2. The number of nitrogen functional groups attached to an aromatic ring is 1. The summed E-state index contributed by atoms with van der Waals surface area (Å²) in [6.07, 6.45) is 12.8. The second kappa shape index (κ2) is 8.39. The van der Waals surface area contributed by atoms with Crippen LogP contribution < -0.4 is 21.1 Å². The minimum atomic E-state index is -0.189. The maximum atomic E-state index is 6.58. The van der Waals surface area contributed by atoms with Gasteiger partial charge in [0.1, 0.15) is 17.9 Å². The number of fused-ring (bicyclic) bond motifs is 3. The summed E-state index contributed by atoms with van der Waals surface area (Å²) in [6, 6.07) is 4.50. The van der Waals surface area contributed by atoms with E-state index >= 15 is 0 Å². The van der Waals surface area contributed by atoms with Crippen molar-refractivity contribution in [2.75, 3.05) is 24.2 Å². The van der Waals surface area contributed by atoms with Gasteiger partial charge in [-0.25, -0.2) is 9.97 Å². The second-order valence-electron chi connectivity index (χ2n) is 9.51. The van der Waals surface area contributed by atoms with Gasteiger partial charge in [-0.05, 0) is 55.2 Å². The lowest BCUT2D eigenvalue weighted by molar-refractivity contribution is 0.147. The monoisotopic (exact) mass is 419 g/mol. The van der Waals surface area contributed by atoms with Gasteiger partial charge >= 0.3 is 0 Å². The van der Waals surface area contributed by atoms with Crippen molar-refractivity contribution in [2.24, 2.45) is 5.73 Å². The smallest absolute Gasteiger partial charge is 0.143 e. The van der Waals surface area contributed by atoms with Gasteiger partial charge in [0.15, 0.2) is 0 Å². The maximum Gasteiger partial charge on any atom is 0.143 e. The van der Waals surface area contributed by atoms with Gasteiger partial charge in [-0.15, -0.1) is 12.3 Å². The Balaban J connectivity index is 1.81. The van der Waals surface area contributed by atoms with Crippen LogP contribution in [0.15, 0.2) is 18.5 Å². The van der Waals surface area contributed by atoms with Crippen molar-refractivity contribution in [1.82, 2.24) is 9.97 Å². The number of hydrogen-bond donors (Lipinski definition) is 2. The molecule has 0 aliphatic heterocycles. The highest BCUT2D eigenvalue weighted by Crippen LogP contribution is 2.49. The molecular weight excluding hydrogens is 386 g/mol. The molecule has 0 radical (unpaired) electrons. The number of benzene rings is 1. The number of nitrogens with zero attached hydrogens (tertiary/aromatic N) is 3. The van der Waals surface area contributed by atoms with Crippen molar-refractivity contribution in [1.29, 1.82) is 0 Å².